The van der Waals surface area contributed by atoms with Crippen LogP contribution in [0.4, 0.5) is 0 Å². The predicted octanol–water partition coefficient (Wildman–Crippen LogP) is 3.04. The molecule has 0 saturated carbocycles. The van der Waals surface area contributed by atoms with Crippen molar-refractivity contribution in [1.29, 1.82) is 0 Å². The Bertz CT molecular complexity index is 510. The van der Waals surface area contributed by atoms with Crippen molar-refractivity contribution in [2.75, 3.05) is 6.54 Å². The smallest absolute Gasteiger partial charge is 0.247 e. The average molecular weight is 310 g/mol. The molecule has 0 aliphatic rings. The highest BCUT2D eigenvalue weighted by Crippen LogP contribution is 2.21. The molecule has 1 heterocycles. The number of rotatable bonds is 5. The fraction of sp³-hybridized carbons (Fsp3) is 0.385. The number of nitrogens with zero attached hydrogens (tertiary/aromatic N) is 2. The van der Waals surface area contributed by atoms with E-state index in [2.05, 4.69) is 45.3 Å². The number of aromatic nitrogens is 2. The molecule has 2 rings (SSSR count). The summed E-state index contributed by atoms with van der Waals surface area (Å²) in [7, 11) is 0. The zero-order valence-electron chi connectivity index (χ0n) is 10.5. The molecule has 96 valence electrons. The van der Waals surface area contributed by atoms with Crippen molar-refractivity contribution < 1.29 is 4.42 Å². The van der Waals surface area contributed by atoms with E-state index in [0.29, 0.717) is 17.8 Å². The first-order valence-electron chi connectivity index (χ1n) is 5.97. The first-order chi connectivity index (χ1) is 8.65. The van der Waals surface area contributed by atoms with Crippen LogP contribution in [0.5, 0.6) is 0 Å². The van der Waals surface area contributed by atoms with Crippen LogP contribution in [0.1, 0.15) is 19.7 Å². The highest BCUT2D eigenvalue weighted by Gasteiger charge is 2.08. The van der Waals surface area contributed by atoms with Crippen molar-refractivity contribution in [3.8, 4) is 11.5 Å². The standard InChI is InChI=1S/C13H16BrN3O/c1-9(2)15-7-6-12-16-17-13(18-12)10-4-3-5-11(14)8-10/h3-5,8-9,15H,6-7H2,1-2H3. The summed E-state index contributed by atoms with van der Waals surface area (Å²) in [6.07, 6.45) is 0.749. The van der Waals surface area contributed by atoms with Crippen molar-refractivity contribution >= 4 is 15.9 Å². The van der Waals surface area contributed by atoms with Gasteiger partial charge in [-0.1, -0.05) is 35.8 Å². The topological polar surface area (TPSA) is 51.0 Å². The van der Waals surface area contributed by atoms with Gasteiger partial charge in [0.05, 0.1) is 0 Å². The molecule has 0 bridgehead atoms. The van der Waals surface area contributed by atoms with Crippen LogP contribution in [0.3, 0.4) is 0 Å². The molecule has 1 aromatic heterocycles. The Hall–Kier alpha value is -1.20. The predicted molar refractivity (Wildman–Crippen MR) is 74.3 cm³/mol. The molecule has 2 aromatic rings. The van der Waals surface area contributed by atoms with Crippen molar-refractivity contribution in [2.24, 2.45) is 0 Å². The van der Waals surface area contributed by atoms with Crippen LogP contribution in [-0.4, -0.2) is 22.8 Å². The zero-order valence-corrected chi connectivity index (χ0v) is 12.1. The third-order valence-corrected chi connectivity index (χ3v) is 2.92. The molecule has 0 unspecified atom stereocenters. The molecule has 0 saturated heterocycles. The number of halogens is 1. The Kier molecular flexibility index (Phi) is 4.49. The summed E-state index contributed by atoms with van der Waals surface area (Å²) in [6.45, 7) is 5.07. The van der Waals surface area contributed by atoms with Gasteiger partial charge >= 0.3 is 0 Å². The van der Waals surface area contributed by atoms with Gasteiger partial charge in [0.2, 0.25) is 11.8 Å². The molecular weight excluding hydrogens is 294 g/mol. The lowest BCUT2D eigenvalue weighted by Crippen LogP contribution is -2.25. The summed E-state index contributed by atoms with van der Waals surface area (Å²) in [4.78, 5) is 0. The highest BCUT2D eigenvalue weighted by atomic mass is 79.9. The summed E-state index contributed by atoms with van der Waals surface area (Å²) in [5.74, 6) is 1.23. The summed E-state index contributed by atoms with van der Waals surface area (Å²) >= 11 is 3.42. The van der Waals surface area contributed by atoms with Crippen LogP contribution < -0.4 is 5.32 Å². The van der Waals surface area contributed by atoms with Crippen LogP contribution in [0.2, 0.25) is 0 Å². The van der Waals surface area contributed by atoms with Gasteiger partial charge in [-0.2, -0.15) is 0 Å². The molecule has 1 N–H and O–H groups in total. The number of benzene rings is 1. The summed E-state index contributed by atoms with van der Waals surface area (Å²) in [6, 6.07) is 8.30. The first kappa shape index (κ1) is 13.2. The van der Waals surface area contributed by atoms with E-state index in [4.69, 9.17) is 4.42 Å². The Labute approximate surface area is 115 Å². The Morgan fingerprint density at radius 1 is 1.33 bits per heavy atom. The monoisotopic (exact) mass is 309 g/mol. The van der Waals surface area contributed by atoms with Gasteiger partial charge in [-0.05, 0) is 18.2 Å². The molecule has 5 heteroatoms. The third kappa shape index (κ3) is 3.65. The fourth-order valence-electron chi connectivity index (χ4n) is 1.56. The maximum atomic E-state index is 5.62. The zero-order chi connectivity index (χ0) is 13.0. The molecule has 0 atom stereocenters. The molecule has 4 nitrogen and oxygen atoms in total. The van der Waals surface area contributed by atoms with E-state index in [1.165, 1.54) is 0 Å². The normalized spacial score (nSPS) is 11.1. The van der Waals surface area contributed by atoms with Crippen LogP contribution in [-0.2, 0) is 6.42 Å². The first-order valence-corrected chi connectivity index (χ1v) is 6.76. The van der Waals surface area contributed by atoms with E-state index in [1.807, 2.05) is 24.3 Å². The van der Waals surface area contributed by atoms with Crippen molar-refractivity contribution in [3.63, 3.8) is 0 Å². The van der Waals surface area contributed by atoms with Gasteiger partial charge in [0, 0.05) is 29.0 Å². The van der Waals surface area contributed by atoms with Crippen molar-refractivity contribution in [1.82, 2.24) is 15.5 Å². The molecule has 0 aliphatic heterocycles. The van der Waals surface area contributed by atoms with Gasteiger partial charge < -0.3 is 9.73 Å². The van der Waals surface area contributed by atoms with Crippen molar-refractivity contribution in [2.45, 2.75) is 26.3 Å². The van der Waals surface area contributed by atoms with Crippen molar-refractivity contribution in [3.05, 3.63) is 34.6 Å². The molecular formula is C13H16BrN3O. The van der Waals surface area contributed by atoms with Gasteiger partial charge in [-0.3, -0.25) is 0 Å². The van der Waals surface area contributed by atoms with Gasteiger partial charge in [-0.15, -0.1) is 10.2 Å². The summed E-state index contributed by atoms with van der Waals surface area (Å²) in [5, 5.41) is 11.4. The third-order valence-electron chi connectivity index (χ3n) is 2.43. The lowest BCUT2D eigenvalue weighted by molar-refractivity contribution is 0.484. The largest absolute Gasteiger partial charge is 0.421 e. The molecule has 1 aromatic carbocycles. The number of nitrogens with one attached hydrogen (secondary N) is 1. The second-order valence-electron chi connectivity index (χ2n) is 4.37. The Morgan fingerprint density at radius 3 is 2.89 bits per heavy atom. The maximum Gasteiger partial charge on any atom is 0.247 e. The van der Waals surface area contributed by atoms with Gasteiger partial charge in [0.1, 0.15) is 0 Å². The minimum atomic E-state index is 0.470. The number of hydrogen-bond acceptors (Lipinski definition) is 4. The van der Waals surface area contributed by atoms with Gasteiger partial charge in [-0.25, -0.2) is 0 Å². The molecule has 0 amide bonds. The van der Waals surface area contributed by atoms with Crippen LogP contribution in [0.15, 0.2) is 33.2 Å². The van der Waals surface area contributed by atoms with E-state index in [9.17, 15) is 0 Å². The molecule has 0 spiro atoms. The van der Waals surface area contributed by atoms with Gasteiger partial charge in [0.25, 0.3) is 0 Å². The van der Waals surface area contributed by atoms with E-state index in [0.717, 1.165) is 23.0 Å². The minimum Gasteiger partial charge on any atom is -0.421 e. The average Bonchev–Trinajstić information content (AvgIpc) is 2.77. The lowest BCUT2D eigenvalue weighted by atomic mass is 10.2. The molecule has 0 aliphatic carbocycles. The quantitative estimate of drug-likeness (QED) is 0.922. The van der Waals surface area contributed by atoms with Crippen LogP contribution in [0.25, 0.3) is 11.5 Å². The minimum absolute atomic E-state index is 0.470. The van der Waals surface area contributed by atoms with E-state index in [-0.39, 0.29) is 0 Å². The van der Waals surface area contributed by atoms with E-state index < -0.39 is 0 Å². The summed E-state index contributed by atoms with van der Waals surface area (Å²) in [5.41, 5.74) is 0.931. The summed E-state index contributed by atoms with van der Waals surface area (Å²) < 4.78 is 6.62. The van der Waals surface area contributed by atoms with E-state index >= 15 is 0 Å². The second kappa shape index (κ2) is 6.11. The Balaban J connectivity index is 2.02. The van der Waals surface area contributed by atoms with E-state index in [1.54, 1.807) is 0 Å². The number of hydrogen-bond donors (Lipinski definition) is 1. The maximum absolute atomic E-state index is 5.62. The fourth-order valence-corrected chi connectivity index (χ4v) is 1.96. The molecule has 0 fully saturated rings. The lowest BCUT2D eigenvalue weighted by Gasteiger charge is -2.04. The SMILES string of the molecule is CC(C)NCCc1nnc(-c2cccc(Br)c2)o1. The molecule has 18 heavy (non-hydrogen) atoms. The van der Waals surface area contributed by atoms with Gasteiger partial charge in [0.15, 0.2) is 0 Å². The van der Waals surface area contributed by atoms with Crippen LogP contribution >= 0.6 is 15.9 Å². The van der Waals surface area contributed by atoms with Crippen LogP contribution in [0, 0.1) is 0 Å². The molecule has 0 radical (unpaired) electrons. The highest BCUT2D eigenvalue weighted by molar-refractivity contribution is 9.10. The second-order valence-corrected chi connectivity index (χ2v) is 5.29. The Morgan fingerprint density at radius 2 is 2.17 bits per heavy atom.